The van der Waals surface area contributed by atoms with Crippen LogP contribution in [0.3, 0.4) is 0 Å². The molecule has 0 atom stereocenters. The molecule has 3 aromatic rings. The molecule has 0 amide bonds. The molecule has 0 radical (unpaired) electrons. The minimum absolute atomic E-state index is 0.0425. The van der Waals surface area contributed by atoms with E-state index in [1.807, 2.05) is 0 Å². The van der Waals surface area contributed by atoms with Gasteiger partial charge in [-0.15, -0.1) is 11.3 Å². The van der Waals surface area contributed by atoms with Gasteiger partial charge >= 0.3 is 6.18 Å². The first kappa shape index (κ1) is 27.0. The van der Waals surface area contributed by atoms with Crippen molar-refractivity contribution < 1.29 is 26.7 Å². The number of alkyl halides is 3. The smallest absolute Gasteiger partial charge is 0.386 e. The Bertz CT molecular complexity index is 1450. The second-order valence-electron chi connectivity index (χ2n) is 9.12. The van der Waals surface area contributed by atoms with Crippen molar-refractivity contribution in [2.45, 2.75) is 49.4 Å². The molecular formula is C22H24F3N7O3S2. The van der Waals surface area contributed by atoms with E-state index in [4.69, 9.17) is 6.57 Å². The number of sulfonamides is 1. The fourth-order valence-corrected chi connectivity index (χ4v) is 6.53. The van der Waals surface area contributed by atoms with Gasteiger partial charge in [0.25, 0.3) is 0 Å². The number of aliphatic hydroxyl groups is 1. The number of anilines is 1. The lowest BCUT2D eigenvalue weighted by Gasteiger charge is -2.31. The third kappa shape index (κ3) is 5.61. The van der Waals surface area contributed by atoms with E-state index in [1.165, 1.54) is 41.3 Å². The molecule has 10 nitrogen and oxygen atoms in total. The number of hydrogen-bond donors (Lipinski definition) is 2. The standard InChI is InChI=1S/C22H24F3N7O3S2/c1-21(2,33)19-16(26-3)9-17(36-19)18-15(22(23,24)25)11-27-20(30-18)29-13-5-7-32(8-6-13)37(34,35)14-10-28-31(4)12-14/h9-13,33H,5-8H2,1-2,4H3,(H,27,29,30). The van der Waals surface area contributed by atoms with Gasteiger partial charge in [0.1, 0.15) is 10.5 Å². The molecule has 0 spiro atoms. The van der Waals surface area contributed by atoms with Crippen LogP contribution in [0.4, 0.5) is 24.8 Å². The molecule has 1 aliphatic heterocycles. The van der Waals surface area contributed by atoms with Crippen LogP contribution < -0.4 is 5.32 Å². The lowest BCUT2D eigenvalue weighted by atomic mass is 10.1. The molecule has 0 bridgehead atoms. The first-order valence-electron chi connectivity index (χ1n) is 11.1. The largest absolute Gasteiger partial charge is 0.420 e. The molecule has 2 N–H and O–H groups in total. The van der Waals surface area contributed by atoms with Crippen LogP contribution in [0.2, 0.25) is 0 Å². The Morgan fingerprint density at radius 1 is 1.24 bits per heavy atom. The van der Waals surface area contributed by atoms with Gasteiger partial charge in [-0.25, -0.2) is 23.2 Å². The highest BCUT2D eigenvalue weighted by molar-refractivity contribution is 7.89. The van der Waals surface area contributed by atoms with Crippen molar-refractivity contribution in [3.05, 3.63) is 46.5 Å². The predicted octanol–water partition coefficient (Wildman–Crippen LogP) is 4.00. The SMILES string of the molecule is [C-]#[N+]c1cc(-c2nc(NC3CCN(S(=O)(=O)c4cnn(C)c4)CC3)ncc2C(F)(F)F)sc1C(C)(C)O. The Kier molecular flexibility index (Phi) is 7.06. The van der Waals surface area contributed by atoms with Crippen LogP contribution in [0.15, 0.2) is 29.6 Å². The normalized spacial score (nSPS) is 16.1. The second-order valence-corrected chi connectivity index (χ2v) is 12.1. The maximum Gasteiger partial charge on any atom is 0.420 e. The average Bonchev–Trinajstić information content (AvgIpc) is 3.45. The number of hydrogen-bond acceptors (Lipinski definition) is 8. The average molecular weight is 556 g/mol. The van der Waals surface area contributed by atoms with Crippen molar-refractivity contribution >= 4 is 33.0 Å². The van der Waals surface area contributed by atoms with Gasteiger partial charge in [0.2, 0.25) is 21.7 Å². The van der Waals surface area contributed by atoms with E-state index in [9.17, 15) is 26.7 Å². The molecule has 4 heterocycles. The number of aromatic nitrogens is 4. The van der Waals surface area contributed by atoms with E-state index in [-0.39, 0.29) is 45.4 Å². The zero-order valence-electron chi connectivity index (χ0n) is 20.1. The summed E-state index contributed by atoms with van der Waals surface area (Å²) in [6.45, 7) is 10.7. The van der Waals surface area contributed by atoms with E-state index in [0.29, 0.717) is 19.0 Å². The number of nitrogens with one attached hydrogen (secondary N) is 1. The minimum atomic E-state index is -4.74. The third-order valence-corrected chi connectivity index (χ3v) is 9.12. The van der Waals surface area contributed by atoms with Gasteiger partial charge in [0, 0.05) is 48.3 Å². The van der Waals surface area contributed by atoms with E-state index < -0.39 is 33.1 Å². The van der Waals surface area contributed by atoms with Crippen molar-refractivity contribution in [3.63, 3.8) is 0 Å². The summed E-state index contributed by atoms with van der Waals surface area (Å²) in [5.41, 5.74) is -2.82. The fraction of sp³-hybridized carbons (Fsp3) is 0.455. The van der Waals surface area contributed by atoms with Crippen LogP contribution in [-0.4, -0.2) is 56.7 Å². The Morgan fingerprint density at radius 2 is 1.92 bits per heavy atom. The second kappa shape index (κ2) is 9.67. The monoisotopic (exact) mass is 555 g/mol. The Labute approximate surface area is 215 Å². The molecule has 0 unspecified atom stereocenters. The van der Waals surface area contributed by atoms with Crippen LogP contribution in [0.1, 0.15) is 37.1 Å². The fourth-order valence-electron chi connectivity index (χ4n) is 3.97. The highest BCUT2D eigenvalue weighted by Gasteiger charge is 2.37. The minimum Gasteiger partial charge on any atom is -0.386 e. The number of nitrogens with zero attached hydrogens (tertiary/aromatic N) is 6. The van der Waals surface area contributed by atoms with Crippen LogP contribution in [0, 0.1) is 6.57 Å². The van der Waals surface area contributed by atoms with Gasteiger partial charge < -0.3 is 10.4 Å². The summed E-state index contributed by atoms with van der Waals surface area (Å²) in [5, 5.41) is 17.3. The summed E-state index contributed by atoms with van der Waals surface area (Å²) >= 11 is 0.870. The molecule has 0 aromatic carbocycles. The lowest BCUT2D eigenvalue weighted by Crippen LogP contribution is -2.42. The van der Waals surface area contributed by atoms with Gasteiger partial charge in [0.05, 0.1) is 24.1 Å². The van der Waals surface area contributed by atoms with E-state index in [0.717, 1.165) is 11.3 Å². The molecule has 1 saturated heterocycles. The molecule has 37 heavy (non-hydrogen) atoms. The Hall–Kier alpha value is -3.06. The summed E-state index contributed by atoms with van der Waals surface area (Å²) in [7, 11) is -2.07. The third-order valence-electron chi connectivity index (χ3n) is 5.82. The molecular weight excluding hydrogens is 531 g/mol. The van der Waals surface area contributed by atoms with E-state index in [1.54, 1.807) is 7.05 Å². The lowest BCUT2D eigenvalue weighted by molar-refractivity contribution is -0.137. The molecule has 1 aliphatic rings. The first-order valence-corrected chi connectivity index (χ1v) is 13.4. The number of piperidine rings is 1. The summed E-state index contributed by atoms with van der Waals surface area (Å²) in [5.74, 6) is -0.0425. The Morgan fingerprint density at radius 3 is 2.43 bits per heavy atom. The maximum absolute atomic E-state index is 13.8. The zero-order valence-corrected chi connectivity index (χ0v) is 21.7. The van der Waals surface area contributed by atoms with Gasteiger partial charge in [0.15, 0.2) is 0 Å². The summed E-state index contributed by atoms with van der Waals surface area (Å²) in [6, 6.07) is 1.02. The number of thiophene rings is 1. The van der Waals surface area contributed by atoms with Crippen LogP contribution in [0.5, 0.6) is 0 Å². The summed E-state index contributed by atoms with van der Waals surface area (Å²) in [4.78, 5) is 11.7. The molecule has 198 valence electrons. The number of halogens is 3. The van der Waals surface area contributed by atoms with Crippen molar-refractivity contribution in [2.75, 3.05) is 18.4 Å². The maximum atomic E-state index is 13.8. The van der Waals surface area contributed by atoms with Gasteiger partial charge in [-0.3, -0.25) is 4.68 Å². The van der Waals surface area contributed by atoms with Crippen LogP contribution >= 0.6 is 11.3 Å². The molecule has 0 saturated carbocycles. The van der Waals surface area contributed by atoms with E-state index in [2.05, 4.69) is 25.2 Å². The molecule has 15 heteroatoms. The topological polar surface area (TPSA) is 118 Å². The first-order chi connectivity index (χ1) is 17.2. The highest BCUT2D eigenvalue weighted by Crippen LogP contribution is 2.45. The van der Waals surface area contributed by atoms with Gasteiger partial charge in [-0.05, 0) is 32.8 Å². The number of rotatable bonds is 6. The quantitative estimate of drug-likeness (QED) is 0.442. The Balaban J connectivity index is 1.57. The number of aryl methyl sites for hydroxylation is 1. The molecule has 1 fully saturated rings. The van der Waals surface area contributed by atoms with Crippen molar-refractivity contribution in [3.8, 4) is 10.6 Å². The summed E-state index contributed by atoms with van der Waals surface area (Å²) in [6.07, 6.45) is -0.564. The van der Waals surface area contributed by atoms with Crippen molar-refractivity contribution in [2.24, 2.45) is 7.05 Å². The van der Waals surface area contributed by atoms with E-state index >= 15 is 0 Å². The summed E-state index contributed by atoms with van der Waals surface area (Å²) < 4.78 is 69.7. The van der Waals surface area contributed by atoms with Gasteiger partial charge in [-0.1, -0.05) is 0 Å². The molecule has 0 aliphatic carbocycles. The molecule has 3 aromatic heterocycles. The molecule has 4 rings (SSSR count). The van der Waals surface area contributed by atoms with Crippen LogP contribution in [0.25, 0.3) is 15.4 Å². The predicted molar refractivity (Wildman–Crippen MR) is 130 cm³/mol. The van der Waals surface area contributed by atoms with Gasteiger partial charge in [-0.2, -0.15) is 22.6 Å². The van der Waals surface area contributed by atoms with Crippen molar-refractivity contribution in [1.29, 1.82) is 0 Å². The van der Waals surface area contributed by atoms with Crippen LogP contribution in [-0.2, 0) is 28.8 Å². The highest BCUT2D eigenvalue weighted by atomic mass is 32.2. The zero-order chi connectivity index (χ0) is 27.2. The van der Waals surface area contributed by atoms with Crippen molar-refractivity contribution in [1.82, 2.24) is 24.1 Å².